The highest BCUT2D eigenvalue weighted by Gasteiger charge is 2.11. The summed E-state index contributed by atoms with van der Waals surface area (Å²) < 4.78 is 31.0. The SMILES string of the molecule is CCOc1cc(CCN)cc(F)c1F. The highest BCUT2D eigenvalue weighted by Crippen LogP contribution is 2.22. The summed E-state index contributed by atoms with van der Waals surface area (Å²) in [5.74, 6) is -1.87. The Morgan fingerprint density at radius 2 is 2.07 bits per heavy atom. The zero-order chi connectivity index (χ0) is 10.6. The number of ether oxygens (including phenoxy) is 1. The van der Waals surface area contributed by atoms with Gasteiger partial charge in [0.05, 0.1) is 6.61 Å². The van der Waals surface area contributed by atoms with Gasteiger partial charge in [0, 0.05) is 0 Å². The molecule has 0 unspecified atom stereocenters. The number of hydrogen-bond acceptors (Lipinski definition) is 2. The smallest absolute Gasteiger partial charge is 0.200 e. The van der Waals surface area contributed by atoms with Crippen molar-refractivity contribution in [2.45, 2.75) is 13.3 Å². The lowest BCUT2D eigenvalue weighted by atomic mass is 10.1. The van der Waals surface area contributed by atoms with E-state index in [1.165, 1.54) is 6.07 Å². The summed E-state index contributed by atoms with van der Waals surface area (Å²) in [5.41, 5.74) is 5.96. The summed E-state index contributed by atoms with van der Waals surface area (Å²) in [4.78, 5) is 0. The minimum Gasteiger partial charge on any atom is -0.491 e. The molecule has 0 aromatic heterocycles. The summed E-state index contributed by atoms with van der Waals surface area (Å²) in [6, 6.07) is 2.62. The predicted molar refractivity (Wildman–Crippen MR) is 50.3 cm³/mol. The van der Waals surface area contributed by atoms with E-state index in [9.17, 15) is 8.78 Å². The highest BCUT2D eigenvalue weighted by atomic mass is 19.2. The van der Waals surface area contributed by atoms with Crippen LogP contribution in [0.4, 0.5) is 8.78 Å². The van der Waals surface area contributed by atoms with Crippen molar-refractivity contribution in [1.82, 2.24) is 0 Å². The van der Waals surface area contributed by atoms with Crippen LogP contribution in [0.2, 0.25) is 0 Å². The van der Waals surface area contributed by atoms with Crippen LogP contribution in [0.5, 0.6) is 5.75 Å². The van der Waals surface area contributed by atoms with Gasteiger partial charge in [-0.3, -0.25) is 0 Å². The second kappa shape index (κ2) is 4.91. The Bertz CT molecular complexity index is 315. The van der Waals surface area contributed by atoms with E-state index in [2.05, 4.69) is 0 Å². The maximum atomic E-state index is 13.1. The number of halogens is 2. The van der Waals surface area contributed by atoms with E-state index in [1.54, 1.807) is 6.92 Å². The Kier molecular flexibility index (Phi) is 3.83. The van der Waals surface area contributed by atoms with E-state index >= 15 is 0 Å². The van der Waals surface area contributed by atoms with Crippen LogP contribution in [0.3, 0.4) is 0 Å². The molecule has 78 valence electrons. The molecule has 0 saturated carbocycles. The van der Waals surface area contributed by atoms with E-state index < -0.39 is 11.6 Å². The van der Waals surface area contributed by atoms with Gasteiger partial charge in [-0.25, -0.2) is 4.39 Å². The Hall–Kier alpha value is -1.16. The summed E-state index contributed by atoms with van der Waals surface area (Å²) in [6.45, 7) is 2.42. The first-order valence-electron chi connectivity index (χ1n) is 4.49. The first kappa shape index (κ1) is 10.9. The third kappa shape index (κ3) is 2.42. The molecule has 0 aliphatic rings. The van der Waals surface area contributed by atoms with Gasteiger partial charge in [-0.15, -0.1) is 0 Å². The molecule has 1 aromatic carbocycles. The molecule has 0 spiro atoms. The van der Waals surface area contributed by atoms with Crippen molar-refractivity contribution in [1.29, 1.82) is 0 Å². The van der Waals surface area contributed by atoms with Crippen LogP contribution < -0.4 is 10.5 Å². The maximum absolute atomic E-state index is 13.1. The average molecular weight is 201 g/mol. The fourth-order valence-corrected chi connectivity index (χ4v) is 1.19. The van der Waals surface area contributed by atoms with Crippen LogP contribution in [0.15, 0.2) is 12.1 Å². The van der Waals surface area contributed by atoms with Crippen molar-refractivity contribution in [2.24, 2.45) is 5.73 Å². The molecule has 0 fully saturated rings. The minimum absolute atomic E-state index is 0.0454. The average Bonchev–Trinajstić information content (AvgIpc) is 2.14. The molecule has 0 atom stereocenters. The van der Waals surface area contributed by atoms with Crippen LogP contribution in [0.1, 0.15) is 12.5 Å². The Balaban J connectivity index is 3.01. The number of nitrogens with two attached hydrogens (primary N) is 1. The van der Waals surface area contributed by atoms with Crippen molar-refractivity contribution in [3.63, 3.8) is 0 Å². The first-order valence-corrected chi connectivity index (χ1v) is 4.49. The van der Waals surface area contributed by atoms with Crippen molar-refractivity contribution in [3.05, 3.63) is 29.3 Å². The lowest BCUT2D eigenvalue weighted by Crippen LogP contribution is -2.05. The largest absolute Gasteiger partial charge is 0.491 e. The van der Waals surface area contributed by atoms with Crippen LogP contribution >= 0.6 is 0 Å². The lowest BCUT2D eigenvalue weighted by Gasteiger charge is -2.07. The Labute approximate surface area is 81.7 Å². The molecule has 0 amide bonds. The summed E-state index contributed by atoms with van der Waals surface area (Å²) in [5, 5.41) is 0. The highest BCUT2D eigenvalue weighted by molar-refractivity contribution is 5.31. The number of hydrogen-bond donors (Lipinski definition) is 1. The van der Waals surface area contributed by atoms with Gasteiger partial charge >= 0.3 is 0 Å². The third-order valence-electron chi connectivity index (χ3n) is 1.79. The van der Waals surface area contributed by atoms with Gasteiger partial charge in [-0.1, -0.05) is 0 Å². The third-order valence-corrected chi connectivity index (χ3v) is 1.79. The van der Waals surface area contributed by atoms with Gasteiger partial charge in [-0.05, 0) is 37.6 Å². The molecule has 0 aliphatic carbocycles. The molecule has 1 rings (SSSR count). The number of rotatable bonds is 4. The van der Waals surface area contributed by atoms with Crippen molar-refractivity contribution >= 4 is 0 Å². The first-order chi connectivity index (χ1) is 6.69. The lowest BCUT2D eigenvalue weighted by molar-refractivity contribution is 0.313. The monoisotopic (exact) mass is 201 g/mol. The molecule has 14 heavy (non-hydrogen) atoms. The van der Waals surface area contributed by atoms with E-state index in [4.69, 9.17) is 10.5 Å². The number of benzene rings is 1. The van der Waals surface area contributed by atoms with Crippen molar-refractivity contribution < 1.29 is 13.5 Å². The molecular formula is C10H13F2NO. The zero-order valence-corrected chi connectivity index (χ0v) is 8.02. The zero-order valence-electron chi connectivity index (χ0n) is 8.02. The molecule has 0 heterocycles. The van der Waals surface area contributed by atoms with Gasteiger partial charge in [-0.2, -0.15) is 4.39 Å². The topological polar surface area (TPSA) is 35.2 Å². The molecule has 2 nitrogen and oxygen atoms in total. The molecule has 2 N–H and O–H groups in total. The molecule has 1 aromatic rings. The second-order valence-corrected chi connectivity index (χ2v) is 2.86. The molecule has 0 radical (unpaired) electrons. The van der Waals surface area contributed by atoms with Crippen LogP contribution in [-0.4, -0.2) is 13.2 Å². The fraction of sp³-hybridized carbons (Fsp3) is 0.400. The second-order valence-electron chi connectivity index (χ2n) is 2.86. The van der Waals surface area contributed by atoms with E-state index in [0.717, 1.165) is 6.07 Å². The molecule has 4 heteroatoms. The van der Waals surface area contributed by atoms with Crippen LogP contribution in [0.25, 0.3) is 0 Å². The van der Waals surface area contributed by atoms with Gasteiger partial charge in [0.15, 0.2) is 11.6 Å². The summed E-state index contributed by atoms with van der Waals surface area (Å²) in [6.07, 6.45) is 0.511. The maximum Gasteiger partial charge on any atom is 0.200 e. The Morgan fingerprint density at radius 1 is 1.36 bits per heavy atom. The van der Waals surface area contributed by atoms with Crippen LogP contribution in [-0.2, 0) is 6.42 Å². The van der Waals surface area contributed by atoms with Gasteiger partial charge in [0.1, 0.15) is 0 Å². The van der Waals surface area contributed by atoms with E-state index in [-0.39, 0.29) is 5.75 Å². The normalized spacial score (nSPS) is 10.3. The van der Waals surface area contributed by atoms with Crippen molar-refractivity contribution in [3.8, 4) is 5.75 Å². The summed E-state index contributed by atoms with van der Waals surface area (Å²) >= 11 is 0. The Morgan fingerprint density at radius 3 is 2.64 bits per heavy atom. The fourth-order valence-electron chi connectivity index (χ4n) is 1.19. The molecule has 0 bridgehead atoms. The van der Waals surface area contributed by atoms with E-state index in [1.807, 2.05) is 0 Å². The van der Waals surface area contributed by atoms with Gasteiger partial charge in [0.25, 0.3) is 0 Å². The van der Waals surface area contributed by atoms with Crippen LogP contribution in [0, 0.1) is 11.6 Å². The molecule has 0 saturated heterocycles. The minimum atomic E-state index is -0.937. The molecule has 0 aliphatic heterocycles. The van der Waals surface area contributed by atoms with E-state index in [0.29, 0.717) is 25.1 Å². The predicted octanol–water partition coefficient (Wildman–Crippen LogP) is 1.86. The van der Waals surface area contributed by atoms with Gasteiger partial charge in [0.2, 0.25) is 5.82 Å². The standard InChI is InChI=1S/C10H13F2NO/c1-2-14-9-6-7(3-4-13)5-8(11)10(9)12/h5-6H,2-4,13H2,1H3. The van der Waals surface area contributed by atoms with Gasteiger partial charge < -0.3 is 10.5 Å². The quantitative estimate of drug-likeness (QED) is 0.807. The summed E-state index contributed by atoms with van der Waals surface area (Å²) in [7, 11) is 0. The molecular weight excluding hydrogens is 188 g/mol. The van der Waals surface area contributed by atoms with Crippen molar-refractivity contribution in [2.75, 3.05) is 13.2 Å².